The summed E-state index contributed by atoms with van der Waals surface area (Å²) in [5.41, 5.74) is 4.05. The minimum Gasteiger partial charge on any atom is -0.493 e. The molecule has 0 saturated carbocycles. The maximum Gasteiger partial charge on any atom is 0.250 e. The summed E-state index contributed by atoms with van der Waals surface area (Å²) in [5, 5.41) is 14.4. The maximum atomic E-state index is 11.9. The number of methoxy groups -OCH3 is 1. The minimum absolute atomic E-state index is 0.288. The van der Waals surface area contributed by atoms with Gasteiger partial charge in [0.25, 0.3) is 0 Å². The number of carbonyl (C=O) groups excluding carboxylic acids is 1. The number of aryl methyl sites for hydroxylation is 2. The summed E-state index contributed by atoms with van der Waals surface area (Å²) in [4.78, 5) is 11.9. The molecule has 3 aromatic rings. The Labute approximate surface area is 159 Å². The van der Waals surface area contributed by atoms with Crippen LogP contribution in [0, 0.1) is 13.8 Å². The van der Waals surface area contributed by atoms with E-state index in [9.17, 15) is 4.79 Å². The molecule has 1 N–H and O–H groups in total. The second-order valence-electron chi connectivity index (χ2n) is 5.57. The van der Waals surface area contributed by atoms with Crippen molar-refractivity contribution < 1.29 is 18.8 Å². The molecule has 0 saturated heterocycles. The molecule has 0 spiro atoms. The van der Waals surface area contributed by atoms with Gasteiger partial charge in [0.05, 0.1) is 18.4 Å². The largest absolute Gasteiger partial charge is 0.493 e. The molecule has 3 rings (SSSR count). The van der Waals surface area contributed by atoms with E-state index in [1.54, 1.807) is 30.8 Å². The van der Waals surface area contributed by atoms with Gasteiger partial charge in [0.1, 0.15) is 17.9 Å². The van der Waals surface area contributed by atoms with E-state index >= 15 is 0 Å². The van der Waals surface area contributed by atoms with Crippen LogP contribution in [-0.4, -0.2) is 28.4 Å². The Balaban J connectivity index is 1.66. The fourth-order valence-electron chi connectivity index (χ4n) is 2.31. The van der Waals surface area contributed by atoms with E-state index in [4.69, 9.17) is 14.0 Å². The molecule has 0 bridgehead atoms. The van der Waals surface area contributed by atoms with Gasteiger partial charge in [0.15, 0.2) is 11.5 Å². The van der Waals surface area contributed by atoms with E-state index in [1.807, 2.05) is 19.9 Å². The predicted molar refractivity (Wildman–Crippen MR) is 101 cm³/mol. The monoisotopic (exact) mass is 386 g/mol. The highest BCUT2D eigenvalue weighted by atomic mass is 32.1. The highest BCUT2D eigenvalue weighted by Crippen LogP contribution is 2.30. The number of aromatic nitrogens is 3. The minimum atomic E-state index is -0.288. The van der Waals surface area contributed by atoms with E-state index in [-0.39, 0.29) is 5.91 Å². The second kappa shape index (κ2) is 8.45. The van der Waals surface area contributed by atoms with Gasteiger partial charge >= 0.3 is 0 Å². The molecule has 9 heteroatoms. The third-order valence-electron chi connectivity index (χ3n) is 3.76. The van der Waals surface area contributed by atoms with Gasteiger partial charge in [0, 0.05) is 6.08 Å². The number of nitrogens with one attached hydrogen (secondary N) is 1. The first kappa shape index (κ1) is 18.6. The Bertz CT molecular complexity index is 931. The molecule has 0 atom stereocenters. The number of nitrogens with zero attached hydrogens (tertiary/aromatic N) is 3. The zero-order chi connectivity index (χ0) is 19.2. The Hall–Kier alpha value is -3.20. The average molecular weight is 386 g/mol. The molecule has 0 radical (unpaired) electrons. The lowest BCUT2D eigenvalue weighted by Crippen LogP contribution is -2.07. The number of amides is 1. The lowest BCUT2D eigenvalue weighted by atomic mass is 10.2. The molecule has 27 heavy (non-hydrogen) atoms. The number of hydrogen-bond acceptors (Lipinski definition) is 8. The lowest BCUT2D eigenvalue weighted by Gasteiger charge is -2.11. The van der Waals surface area contributed by atoms with Crippen LogP contribution in [0.15, 0.2) is 34.3 Å². The lowest BCUT2D eigenvalue weighted by molar-refractivity contribution is -0.111. The smallest absolute Gasteiger partial charge is 0.250 e. The zero-order valence-corrected chi connectivity index (χ0v) is 15.9. The molecule has 2 aromatic heterocycles. The van der Waals surface area contributed by atoms with Gasteiger partial charge in [-0.3, -0.25) is 10.1 Å². The van der Waals surface area contributed by atoms with Crippen LogP contribution < -0.4 is 14.8 Å². The first-order chi connectivity index (χ1) is 13.1. The van der Waals surface area contributed by atoms with Crippen molar-refractivity contribution in [3.8, 4) is 11.5 Å². The van der Waals surface area contributed by atoms with Gasteiger partial charge in [-0.2, -0.15) is 0 Å². The molecule has 0 aliphatic carbocycles. The van der Waals surface area contributed by atoms with Crippen molar-refractivity contribution in [3.63, 3.8) is 0 Å². The SMILES string of the molecule is COc1cc(/C=C/C(=O)Nc2nncs2)ccc1OCc1c(C)noc1C. The maximum absolute atomic E-state index is 11.9. The van der Waals surface area contributed by atoms with Crippen LogP contribution in [0.4, 0.5) is 5.13 Å². The number of anilines is 1. The van der Waals surface area contributed by atoms with Gasteiger partial charge in [-0.05, 0) is 37.6 Å². The van der Waals surface area contributed by atoms with Crippen molar-refractivity contribution in [1.29, 1.82) is 0 Å². The quantitative estimate of drug-likeness (QED) is 0.621. The number of rotatable bonds is 7. The zero-order valence-electron chi connectivity index (χ0n) is 15.1. The van der Waals surface area contributed by atoms with Crippen LogP contribution in [0.2, 0.25) is 0 Å². The van der Waals surface area contributed by atoms with Crippen molar-refractivity contribution in [1.82, 2.24) is 15.4 Å². The van der Waals surface area contributed by atoms with Crippen molar-refractivity contribution in [2.24, 2.45) is 0 Å². The molecule has 1 amide bonds. The summed E-state index contributed by atoms with van der Waals surface area (Å²) >= 11 is 1.25. The van der Waals surface area contributed by atoms with E-state index in [1.165, 1.54) is 17.4 Å². The van der Waals surface area contributed by atoms with Crippen LogP contribution in [0.3, 0.4) is 0 Å². The summed E-state index contributed by atoms with van der Waals surface area (Å²) < 4.78 is 16.4. The Morgan fingerprint density at radius 1 is 1.33 bits per heavy atom. The molecular formula is C18H18N4O4S. The molecular weight excluding hydrogens is 368 g/mol. The molecule has 1 aromatic carbocycles. The first-order valence-corrected chi connectivity index (χ1v) is 8.92. The van der Waals surface area contributed by atoms with Crippen LogP contribution in [0.5, 0.6) is 11.5 Å². The van der Waals surface area contributed by atoms with E-state index in [2.05, 4.69) is 20.7 Å². The van der Waals surface area contributed by atoms with Gasteiger partial charge in [-0.15, -0.1) is 10.2 Å². The topological polar surface area (TPSA) is 99.4 Å². The van der Waals surface area contributed by atoms with Crippen molar-refractivity contribution >= 4 is 28.5 Å². The molecule has 2 heterocycles. The molecule has 0 aliphatic heterocycles. The Morgan fingerprint density at radius 3 is 2.85 bits per heavy atom. The number of carbonyl (C=O) groups is 1. The fourth-order valence-corrected chi connectivity index (χ4v) is 2.76. The van der Waals surface area contributed by atoms with Gasteiger partial charge in [-0.25, -0.2) is 0 Å². The fraction of sp³-hybridized carbons (Fsp3) is 0.222. The van der Waals surface area contributed by atoms with E-state index in [0.29, 0.717) is 23.2 Å². The number of ether oxygens (including phenoxy) is 2. The van der Waals surface area contributed by atoms with Gasteiger partial charge in [-0.1, -0.05) is 22.6 Å². The van der Waals surface area contributed by atoms with Crippen molar-refractivity contribution in [2.75, 3.05) is 12.4 Å². The van der Waals surface area contributed by atoms with Crippen LogP contribution >= 0.6 is 11.3 Å². The van der Waals surface area contributed by atoms with Crippen LogP contribution in [0.1, 0.15) is 22.6 Å². The third-order valence-corrected chi connectivity index (χ3v) is 4.36. The molecule has 140 valence electrons. The van der Waals surface area contributed by atoms with Crippen LogP contribution in [0.25, 0.3) is 6.08 Å². The van der Waals surface area contributed by atoms with Crippen molar-refractivity contribution in [3.05, 3.63) is 52.4 Å². The summed E-state index contributed by atoms with van der Waals surface area (Å²) in [6, 6.07) is 5.41. The van der Waals surface area contributed by atoms with E-state index in [0.717, 1.165) is 22.6 Å². The number of benzene rings is 1. The molecule has 0 fully saturated rings. The molecule has 0 unspecified atom stereocenters. The first-order valence-electron chi connectivity index (χ1n) is 8.04. The summed E-state index contributed by atoms with van der Waals surface area (Å²) in [5.74, 6) is 1.60. The third kappa shape index (κ3) is 4.70. The Kier molecular flexibility index (Phi) is 5.82. The van der Waals surface area contributed by atoms with E-state index < -0.39 is 0 Å². The number of hydrogen-bond donors (Lipinski definition) is 1. The standard InChI is InChI=1S/C18H18N4O4S/c1-11-14(12(2)26-22-11)9-25-15-6-4-13(8-16(15)24-3)5-7-17(23)20-18-21-19-10-27-18/h4-8,10H,9H2,1-3H3,(H,20,21,23)/b7-5+. The van der Waals surface area contributed by atoms with Gasteiger partial charge in [0.2, 0.25) is 11.0 Å². The normalized spacial score (nSPS) is 10.9. The summed E-state index contributed by atoms with van der Waals surface area (Å²) in [6.45, 7) is 4.04. The van der Waals surface area contributed by atoms with Crippen molar-refractivity contribution in [2.45, 2.75) is 20.5 Å². The Morgan fingerprint density at radius 2 is 2.19 bits per heavy atom. The van der Waals surface area contributed by atoms with Gasteiger partial charge < -0.3 is 14.0 Å². The summed E-state index contributed by atoms with van der Waals surface area (Å²) in [7, 11) is 1.56. The average Bonchev–Trinajstić information content (AvgIpc) is 3.28. The molecule has 8 nitrogen and oxygen atoms in total. The van der Waals surface area contributed by atoms with Crippen LogP contribution in [-0.2, 0) is 11.4 Å². The molecule has 0 aliphatic rings. The second-order valence-corrected chi connectivity index (χ2v) is 6.40. The highest BCUT2D eigenvalue weighted by Gasteiger charge is 2.12. The predicted octanol–water partition coefficient (Wildman–Crippen LogP) is 3.38. The summed E-state index contributed by atoms with van der Waals surface area (Å²) in [6.07, 6.45) is 3.09. The highest BCUT2D eigenvalue weighted by molar-refractivity contribution is 7.13.